The minimum absolute atomic E-state index is 0.119. The van der Waals surface area contributed by atoms with Gasteiger partial charge in [-0.3, -0.25) is 4.79 Å². The lowest BCUT2D eigenvalue weighted by Gasteiger charge is -2.19. The van der Waals surface area contributed by atoms with Crippen molar-refractivity contribution in [3.63, 3.8) is 0 Å². The molecule has 21 heavy (non-hydrogen) atoms. The summed E-state index contributed by atoms with van der Waals surface area (Å²) >= 11 is 5.15. The molecule has 1 fully saturated rings. The monoisotopic (exact) mass is 300 g/mol. The molecule has 1 aliphatic heterocycles. The second-order valence-electron chi connectivity index (χ2n) is 5.24. The summed E-state index contributed by atoms with van der Waals surface area (Å²) in [6.45, 7) is 1.35. The van der Waals surface area contributed by atoms with E-state index in [0.29, 0.717) is 11.5 Å². The molecule has 5 nitrogen and oxygen atoms in total. The fourth-order valence-corrected chi connectivity index (χ4v) is 2.90. The number of primary amides is 1. The Morgan fingerprint density at radius 3 is 2.76 bits per heavy atom. The number of carbonyl (C=O) groups is 1. The van der Waals surface area contributed by atoms with Crippen LogP contribution in [0.1, 0.15) is 12.0 Å². The van der Waals surface area contributed by atoms with E-state index < -0.39 is 0 Å². The highest BCUT2D eigenvalue weighted by atomic mass is 32.1. The van der Waals surface area contributed by atoms with Crippen LogP contribution in [0.4, 0.5) is 5.82 Å². The van der Waals surface area contributed by atoms with Crippen molar-refractivity contribution in [1.82, 2.24) is 4.98 Å². The lowest BCUT2D eigenvalue weighted by molar-refractivity contribution is -0.121. The van der Waals surface area contributed by atoms with E-state index in [1.54, 1.807) is 0 Å². The minimum Gasteiger partial charge on any atom is -0.389 e. The fourth-order valence-electron chi connectivity index (χ4n) is 2.73. The molecule has 0 saturated carbocycles. The predicted molar refractivity (Wildman–Crippen MR) is 87.1 cm³/mol. The highest BCUT2D eigenvalue weighted by Crippen LogP contribution is 2.27. The molecule has 108 valence electrons. The number of amides is 1. The van der Waals surface area contributed by atoms with E-state index in [0.717, 1.165) is 35.2 Å². The second kappa shape index (κ2) is 5.29. The quantitative estimate of drug-likeness (QED) is 0.831. The van der Waals surface area contributed by atoms with E-state index in [2.05, 4.69) is 9.88 Å². The molecule has 1 aromatic heterocycles. The van der Waals surface area contributed by atoms with Crippen molar-refractivity contribution < 1.29 is 4.79 Å². The Balaban J connectivity index is 2.04. The molecule has 2 aromatic rings. The molecule has 1 unspecified atom stereocenters. The Hall–Kier alpha value is -2.21. The lowest BCUT2D eigenvalue weighted by atomic mass is 10.1. The van der Waals surface area contributed by atoms with Gasteiger partial charge in [-0.25, -0.2) is 4.98 Å². The van der Waals surface area contributed by atoms with Crippen molar-refractivity contribution in [3.8, 4) is 0 Å². The minimum atomic E-state index is -0.257. The van der Waals surface area contributed by atoms with Gasteiger partial charge in [-0.05, 0) is 18.6 Å². The Kier molecular flexibility index (Phi) is 3.47. The van der Waals surface area contributed by atoms with Gasteiger partial charge in [-0.15, -0.1) is 0 Å². The summed E-state index contributed by atoms with van der Waals surface area (Å²) in [6, 6.07) is 9.65. The van der Waals surface area contributed by atoms with E-state index >= 15 is 0 Å². The Labute approximate surface area is 127 Å². The molecule has 0 spiro atoms. The Morgan fingerprint density at radius 2 is 2.10 bits per heavy atom. The summed E-state index contributed by atoms with van der Waals surface area (Å²) in [5.74, 6) is 0.416. The first-order valence-corrected chi connectivity index (χ1v) is 7.21. The van der Waals surface area contributed by atoms with Crippen molar-refractivity contribution in [3.05, 3.63) is 35.9 Å². The van der Waals surface area contributed by atoms with Crippen LogP contribution in [0.3, 0.4) is 0 Å². The van der Waals surface area contributed by atoms with Crippen LogP contribution in [0.2, 0.25) is 0 Å². The largest absolute Gasteiger partial charge is 0.389 e. The SMILES string of the molecule is NC(=O)C1CCN(c2cc(C(N)=S)c3ccccc3n2)C1. The number of pyridine rings is 1. The van der Waals surface area contributed by atoms with Crippen molar-refractivity contribution in [2.45, 2.75) is 6.42 Å². The van der Waals surface area contributed by atoms with Gasteiger partial charge < -0.3 is 16.4 Å². The number of nitrogens with zero attached hydrogens (tertiary/aromatic N) is 2. The molecule has 1 aliphatic rings. The number of benzene rings is 1. The number of fused-ring (bicyclic) bond motifs is 1. The third-order valence-corrected chi connectivity index (χ3v) is 4.10. The number of thiocarbonyl (C=S) groups is 1. The van der Waals surface area contributed by atoms with E-state index in [1.807, 2.05) is 30.3 Å². The van der Waals surface area contributed by atoms with Crippen molar-refractivity contribution in [2.24, 2.45) is 17.4 Å². The van der Waals surface area contributed by atoms with Gasteiger partial charge in [0.25, 0.3) is 0 Å². The molecule has 1 atom stereocenters. The molecule has 1 amide bonds. The molecular formula is C15H16N4OS. The van der Waals surface area contributed by atoms with Crippen LogP contribution in [-0.2, 0) is 4.79 Å². The summed E-state index contributed by atoms with van der Waals surface area (Å²) in [6.07, 6.45) is 0.756. The highest BCUT2D eigenvalue weighted by Gasteiger charge is 2.27. The third kappa shape index (κ3) is 2.54. The maximum Gasteiger partial charge on any atom is 0.222 e. The van der Waals surface area contributed by atoms with E-state index in [-0.39, 0.29) is 11.8 Å². The highest BCUT2D eigenvalue weighted by molar-refractivity contribution is 7.80. The molecule has 2 heterocycles. The number of aromatic nitrogens is 1. The van der Waals surface area contributed by atoms with Crippen molar-refractivity contribution in [2.75, 3.05) is 18.0 Å². The van der Waals surface area contributed by atoms with Gasteiger partial charge in [0, 0.05) is 24.0 Å². The smallest absolute Gasteiger partial charge is 0.222 e. The number of anilines is 1. The van der Waals surface area contributed by atoms with Gasteiger partial charge in [-0.1, -0.05) is 30.4 Å². The number of para-hydroxylation sites is 1. The standard InChI is InChI=1S/C15H16N4OS/c16-14(20)9-5-6-19(8-9)13-7-11(15(17)21)10-3-1-2-4-12(10)18-13/h1-4,7,9H,5-6,8H2,(H2,16,20)(H2,17,21). The number of hydrogen-bond donors (Lipinski definition) is 2. The predicted octanol–water partition coefficient (Wildman–Crippen LogP) is 1.18. The normalized spacial score (nSPS) is 18.1. The van der Waals surface area contributed by atoms with Crippen LogP contribution in [-0.4, -0.2) is 29.0 Å². The maximum atomic E-state index is 11.3. The van der Waals surface area contributed by atoms with Gasteiger partial charge in [0.2, 0.25) is 5.91 Å². The van der Waals surface area contributed by atoms with Crippen LogP contribution >= 0.6 is 12.2 Å². The summed E-state index contributed by atoms with van der Waals surface area (Å²) in [4.78, 5) is 18.4. The summed E-state index contributed by atoms with van der Waals surface area (Å²) in [7, 11) is 0. The van der Waals surface area contributed by atoms with Gasteiger partial charge in [-0.2, -0.15) is 0 Å². The van der Waals surface area contributed by atoms with Gasteiger partial charge in [0.15, 0.2) is 0 Å². The molecular weight excluding hydrogens is 284 g/mol. The Morgan fingerprint density at radius 1 is 1.33 bits per heavy atom. The van der Waals surface area contributed by atoms with Crippen LogP contribution in [0.15, 0.2) is 30.3 Å². The molecule has 3 rings (SSSR count). The van der Waals surface area contributed by atoms with Gasteiger partial charge in [0.05, 0.1) is 11.4 Å². The molecule has 6 heteroatoms. The molecule has 1 aromatic carbocycles. The molecule has 1 saturated heterocycles. The number of hydrogen-bond acceptors (Lipinski definition) is 4. The number of carbonyl (C=O) groups excluding carboxylic acids is 1. The van der Waals surface area contributed by atoms with Crippen LogP contribution in [0.25, 0.3) is 10.9 Å². The summed E-state index contributed by atoms with van der Waals surface area (Å²) in [5.41, 5.74) is 12.9. The fraction of sp³-hybridized carbons (Fsp3) is 0.267. The van der Waals surface area contributed by atoms with Crippen LogP contribution < -0.4 is 16.4 Å². The van der Waals surface area contributed by atoms with E-state index in [1.165, 1.54) is 0 Å². The average Bonchev–Trinajstić information content (AvgIpc) is 2.96. The van der Waals surface area contributed by atoms with E-state index in [4.69, 9.17) is 23.7 Å². The molecule has 0 bridgehead atoms. The van der Waals surface area contributed by atoms with Crippen LogP contribution in [0.5, 0.6) is 0 Å². The lowest BCUT2D eigenvalue weighted by Crippen LogP contribution is -2.28. The van der Waals surface area contributed by atoms with Gasteiger partial charge >= 0.3 is 0 Å². The first kappa shape index (κ1) is 13.8. The number of nitrogens with two attached hydrogens (primary N) is 2. The first-order valence-electron chi connectivity index (χ1n) is 6.80. The molecule has 4 N–H and O–H groups in total. The molecule has 0 aliphatic carbocycles. The third-order valence-electron chi connectivity index (χ3n) is 3.88. The Bertz CT molecular complexity index is 731. The maximum absolute atomic E-state index is 11.3. The van der Waals surface area contributed by atoms with Crippen molar-refractivity contribution in [1.29, 1.82) is 0 Å². The molecule has 0 radical (unpaired) electrons. The topological polar surface area (TPSA) is 85.2 Å². The summed E-state index contributed by atoms with van der Waals surface area (Å²) < 4.78 is 0. The van der Waals surface area contributed by atoms with Crippen LogP contribution in [0, 0.1) is 5.92 Å². The van der Waals surface area contributed by atoms with E-state index in [9.17, 15) is 4.79 Å². The van der Waals surface area contributed by atoms with Crippen molar-refractivity contribution >= 4 is 39.8 Å². The zero-order valence-corrected chi connectivity index (χ0v) is 12.3. The first-order chi connectivity index (χ1) is 10.1. The van der Waals surface area contributed by atoms with Gasteiger partial charge in [0.1, 0.15) is 10.8 Å². The summed E-state index contributed by atoms with van der Waals surface area (Å²) in [5, 5.41) is 0.944. The number of rotatable bonds is 3. The average molecular weight is 300 g/mol. The zero-order valence-electron chi connectivity index (χ0n) is 11.5. The second-order valence-corrected chi connectivity index (χ2v) is 5.68. The zero-order chi connectivity index (χ0) is 15.0.